The first-order chi connectivity index (χ1) is 15.7. The van der Waals surface area contributed by atoms with Crippen molar-refractivity contribution in [2.75, 3.05) is 24.3 Å². The number of anilines is 1. The van der Waals surface area contributed by atoms with Gasteiger partial charge >= 0.3 is 0 Å². The van der Waals surface area contributed by atoms with E-state index in [-0.39, 0.29) is 11.7 Å². The fourth-order valence-corrected chi connectivity index (χ4v) is 4.69. The van der Waals surface area contributed by atoms with Crippen molar-refractivity contribution in [3.8, 4) is 17.1 Å². The van der Waals surface area contributed by atoms with Gasteiger partial charge in [-0.25, -0.2) is 0 Å². The maximum atomic E-state index is 13.0. The summed E-state index contributed by atoms with van der Waals surface area (Å²) in [6.07, 6.45) is 2.54. The standard InChI is InChI=1S/C24H22N4O3S/c1-30-19-8-4-7-18(14-19)23-25-26-24(28(23)15-20-9-5-13-31-20)32-16-22(29)27-12-11-17-6-2-3-10-21(17)27/h2-10,13-14H,11-12,15-16H2,1H3. The molecule has 7 nitrogen and oxygen atoms in total. The first-order valence-corrected chi connectivity index (χ1v) is 11.3. The summed E-state index contributed by atoms with van der Waals surface area (Å²) in [6.45, 7) is 1.18. The number of para-hydroxylation sites is 1. The number of methoxy groups -OCH3 is 1. The van der Waals surface area contributed by atoms with Crippen LogP contribution in [0.1, 0.15) is 11.3 Å². The maximum absolute atomic E-state index is 13.0. The quantitative estimate of drug-likeness (QED) is 0.395. The minimum atomic E-state index is 0.0652. The van der Waals surface area contributed by atoms with E-state index < -0.39 is 0 Å². The normalized spacial score (nSPS) is 12.7. The van der Waals surface area contributed by atoms with Crippen LogP contribution < -0.4 is 9.64 Å². The summed E-state index contributed by atoms with van der Waals surface area (Å²) < 4.78 is 12.9. The van der Waals surface area contributed by atoms with E-state index in [4.69, 9.17) is 9.15 Å². The smallest absolute Gasteiger partial charge is 0.237 e. The van der Waals surface area contributed by atoms with E-state index in [9.17, 15) is 4.79 Å². The molecule has 0 N–H and O–H groups in total. The Kier molecular flexibility index (Phi) is 5.68. The highest BCUT2D eigenvalue weighted by Crippen LogP contribution is 2.30. The Morgan fingerprint density at radius 2 is 2.03 bits per heavy atom. The van der Waals surface area contributed by atoms with Crippen molar-refractivity contribution in [1.82, 2.24) is 14.8 Å². The van der Waals surface area contributed by atoms with Crippen LogP contribution in [0, 0.1) is 0 Å². The first-order valence-electron chi connectivity index (χ1n) is 10.3. The van der Waals surface area contributed by atoms with Gasteiger partial charge in [-0.15, -0.1) is 10.2 Å². The Morgan fingerprint density at radius 3 is 2.88 bits per heavy atom. The fourth-order valence-electron chi connectivity index (χ4n) is 3.87. The van der Waals surface area contributed by atoms with Crippen LogP contribution in [0.3, 0.4) is 0 Å². The molecule has 1 aliphatic rings. The zero-order valence-electron chi connectivity index (χ0n) is 17.6. The molecule has 0 saturated heterocycles. The number of nitrogens with zero attached hydrogens (tertiary/aromatic N) is 4. The third-order valence-corrected chi connectivity index (χ3v) is 6.40. The van der Waals surface area contributed by atoms with Gasteiger partial charge in [-0.3, -0.25) is 9.36 Å². The summed E-state index contributed by atoms with van der Waals surface area (Å²) in [7, 11) is 1.64. The summed E-state index contributed by atoms with van der Waals surface area (Å²) in [4.78, 5) is 14.8. The van der Waals surface area contributed by atoms with Gasteiger partial charge < -0.3 is 14.1 Å². The summed E-state index contributed by atoms with van der Waals surface area (Å²) >= 11 is 1.39. The Balaban J connectivity index is 1.40. The lowest BCUT2D eigenvalue weighted by Gasteiger charge is -2.17. The molecule has 32 heavy (non-hydrogen) atoms. The molecule has 2 aromatic heterocycles. The second-order valence-electron chi connectivity index (χ2n) is 7.42. The van der Waals surface area contributed by atoms with Crippen molar-refractivity contribution in [2.45, 2.75) is 18.1 Å². The van der Waals surface area contributed by atoms with Crippen molar-refractivity contribution in [1.29, 1.82) is 0 Å². The average Bonchev–Trinajstić information content (AvgIpc) is 3.58. The van der Waals surface area contributed by atoms with Gasteiger partial charge in [0.05, 0.1) is 25.7 Å². The van der Waals surface area contributed by atoms with Crippen LogP contribution in [0.4, 0.5) is 5.69 Å². The van der Waals surface area contributed by atoms with Crippen LogP contribution >= 0.6 is 11.8 Å². The van der Waals surface area contributed by atoms with Gasteiger partial charge in [-0.05, 0) is 42.3 Å². The first kappa shape index (κ1) is 20.4. The SMILES string of the molecule is COc1cccc(-c2nnc(SCC(=O)N3CCc4ccccc43)n2Cc2ccco2)c1. The molecule has 4 aromatic rings. The highest BCUT2D eigenvalue weighted by Gasteiger charge is 2.25. The molecule has 0 aliphatic carbocycles. The molecule has 8 heteroatoms. The van der Waals surface area contributed by atoms with Gasteiger partial charge in [0.1, 0.15) is 11.5 Å². The molecule has 1 aliphatic heterocycles. The highest BCUT2D eigenvalue weighted by molar-refractivity contribution is 7.99. The summed E-state index contributed by atoms with van der Waals surface area (Å²) in [5, 5.41) is 9.48. The Morgan fingerprint density at radius 1 is 1.12 bits per heavy atom. The number of amides is 1. The molecule has 0 spiro atoms. The second kappa shape index (κ2) is 8.92. The topological polar surface area (TPSA) is 73.4 Å². The van der Waals surface area contributed by atoms with Crippen LogP contribution in [0.5, 0.6) is 5.75 Å². The van der Waals surface area contributed by atoms with Crippen molar-refractivity contribution >= 4 is 23.4 Å². The number of benzene rings is 2. The Hall–Kier alpha value is -3.52. The van der Waals surface area contributed by atoms with E-state index in [1.165, 1.54) is 17.3 Å². The van der Waals surface area contributed by atoms with E-state index in [2.05, 4.69) is 16.3 Å². The number of hydrogen-bond donors (Lipinski definition) is 0. The van der Waals surface area contributed by atoms with E-state index in [0.29, 0.717) is 24.1 Å². The van der Waals surface area contributed by atoms with E-state index in [1.54, 1.807) is 13.4 Å². The lowest BCUT2D eigenvalue weighted by molar-refractivity contribution is -0.116. The van der Waals surface area contributed by atoms with Gasteiger partial charge in [-0.2, -0.15) is 0 Å². The fraction of sp³-hybridized carbons (Fsp3) is 0.208. The van der Waals surface area contributed by atoms with Crippen molar-refractivity contribution < 1.29 is 13.9 Å². The molecule has 0 fully saturated rings. The predicted molar refractivity (Wildman–Crippen MR) is 123 cm³/mol. The van der Waals surface area contributed by atoms with E-state index >= 15 is 0 Å². The number of thioether (sulfide) groups is 1. The van der Waals surface area contributed by atoms with Crippen LogP contribution in [0.2, 0.25) is 0 Å². The van der Waals surface area contributed by atoms with Crippen molar-refractivity contribution in [3.05, 3.63) is 78.3 Å². The Bertz CT molecular complexity index is 1240. The monoisotopic (exact) mass is 446 g/mol. The van der Waals surface area contributed by atoms with E-state index in [1.807, 2.05) is 64.1 Å². The number of aromatic nitrogens is 3. The minimum absolute atomic E-state index is 0.0652. The molecule has 0 saturated carbocycles. The molecular weight excluding hydrogens is 424 g/mol. The lowest BCUT2D eigenvalue weighted by atomic mass is 10.2. The molecule has 0 bridgehead atoms. The van der Waals surface area contributed by atoms with Crippen LogP contribution in [-0.2, 0) is 17.8 Å². The molecule has 0 atom stereocenters. The third kappa shape index (κ3) is 4.01. The number of rotatable bonds is 7. The number of carbonyl (C=O) groups excluding carboxylic acids is 1. The van der Waals surface area contributed by atoms with Crippen LogP contribution in [0.15, 0.2) is 76.5 Å². The van der Waals surface area contributed by atoms with Crippen molar-refractivity contribution in [3.63, 3.8) is 0 Å². The second-order valence-corrected chi connectivity index (χ2v) is 8.36. The van der Waals surface area contributed by atoms with Gasteiger partial charge in [0.15, 0.2) is 11.0 Å². The minimum Gasteiger partial charge on any atom is -0.497 e. The largest absolute Gasteiger partial charge is 0.497 e. The number of hydrogen-bond acceptors (Lipinski definition) is 6. The Labute approximate surface area is 190 Å². The molecule has 1 amide bonds. The van der Waals surface area contributed by atoms with Gasteiger partial charge in [0.2, 0.25) is 5.91 Å². The van der Waals surface area contributed by atoms with Gasteiger partial charge in [0, 0.05) is 17.8 Å². The molecule has 5 rings (SSSR count). The summed E-state index contributed by atoms with van der Waals surface area (Å²) in [5.41, 5.74) is 3.11. The van der Waals surface area contributed by atoms with Gasteiger partial charge in [-0.1, -0.05) is 42.1 Å². The average molecular weight is 447 g/mol. The molecule has 0 radical (unpaired) electrons. The van der Waals surface area contributed by atoms with Crippen LogP contribution in [0.25, 0.3) is 11.4 Å². The molecule has 162 valence electrons. The zero-order valence-corrected chi connectivity index (χ0v) is 18.4. The molecule has 0 unspecified atom stereocenters. The van der Waals surface area contributed by atoms with Crippen LogP contribution in [-0.4, -0.2) is 40.1 Å². The predicted octanol–water partition coefficient (Wildman–Crippen LogP) is 4.28. The molecule has 2 aromatic carbocycles. The third-order valence-electron chi connectivity index (χ3n) is 5.45. The zero-order chi connectivity index (χ0) is 21.9. The van der Waals surface area contributed by atoms with E-state index in [0.717, 1.165) is 29.2 Å². The number of fused-ring (bicyclic) bond motifs is 1. The lowest BCUT2D eigenvalue weighted by Crippen LogP contribution is -2.30. The summed E-state index contributed by atoms with van der Waals surface area (Å²) in [6, 6.07) is 19.5. The summed E-state index contributed by atoms with van der Waals surface area (Å²) in [5.74, 6) is 2.57. The molecule has 3 heterocycles. The van der Waals surface area contributed by atoms with Crippen molar-refractivity contribution in [2.24, 2.45) is 0 Å². The number of furan rings is 1. The van der Waals surface area contributed by atoms with Gasteiger partial charge in [0.25, 0.3) is 0 Å². The maximum Gasteiger partial charge on any atom is 0.237 e. The number of carbonyl (C=O) groups is 1. The molecular formula is C24H22N4O3S. The highest BCUT2D eigenvalue weighted by atomic mass is 32.2. The number of ether oxygens (including phenoxy) is 1.